The minimum absolute atomic E-state index is 1.06. The first-order chi connectivity index (χ1) is 4.41. The van der Waals surface area contributed by atoms with E-state index in [1.807, 2.05) is 6.08 Å². The molecule has 0 atom stereocenters. The van der Waals surface area contributed by atoms with Gasteiger partial charge in [-0.25, -0.2) is 0 Å². The molecule has 0 unspecified atom stereocenters. The number of hydrogen-bond donors (Lipinski definition) is 0. The van der Waals surface area contributed by atoms with E-state index in [2.05, 4.69) is 9.45 Å². The molecule has 0 bridgehead atoms. The minimum atomic E-state index is 1.06. The van der Waals surface area contributed by atoms with E-state index >= 15 is 0 Å². The Morgan fingerprint density at radius 2 is 2.11 bits per heavy atom. The molecule has 0 aliphatic carbocycles. The van der Waals surface area contributed by atoms with Gasteiger partial charge < -0.3 is 0 Å². The van der Waals surface area contributed by atoms with E-state index in [1.165, 1.54) is 43.8 Å². The zero-order valence-corrected chi connectivity index (χ0v) is 8.23. The Hall–Kier alpha value is 0.423. The molecule has 50 valence electrons. The molecule has 0 heterocycles. The maximum absolute atomic E-state index is 4.10. The van der Waals surface area contributed by atoms with Crippen LogP contribution in [0.1, 0.15) is 25.7 Å². The summed E-state index contributed by atoms with van der Waals surface area (Å²) in [5, 5.41) is 0. The third kappa shape index (κ3) is 8.42. The van der Waals surface area contributed by atoms with Gasteiger partial charge in [-0.3, -0.25) is 0 Å². The molecular weight excluding hydrogens is 189 g/mol. The van der Waals surface area contributed by atoms with Gasteiger partial charge in [0.25, 0.3) is 0 Å². The molecule has 0 aliphatic rings. The van der Waals surface area contributed by atoms with Crippen molar-refractivity contribution in [1.29, 1.82) is 0 Å². The van der Waals surface area contributed by atoms with Crippen LogP contribution in [0.4, 0.5) is 0 Å². The van der Waals surface area contributed by atoms with Crippen molar-refractivity contribution in [3.63, 3.8) is 0 Å². The van der Waals surface area contributed by atoms with Crippen molar-refractivity contribution >= 4 is 0 Å². The summed E-state index contributed by atoms with van der Waals surface area (Å²) < 4.78 is 4.10. The van der Waals surface area contributed by atoms with Crippen LogP contribution in [0, 0.1) is 0 Å². The predicted molar refractivity (Wildman–Crippen MR) is 36.0 cm³/mol. The Morgan fingerprint density at radius 3 is 2.67 bits per heavy atom. The molecule has 0 aromatic rings. The van der Waals surface area contributed by atoms with Gasteiger partial charge >= 0.3 is 72.3 Å². The number of unbranched alkanes of at least 4 members (excludes halogenated alkanes) is 3. The Kier molecular flexibility index (Phi) is 8.82. The first kappa shape index (κ1) is 9.42. The van der Waals surface area contributed by atoms with E-state index in [9.17, 15) is 0 Å². The van der Waals surface area contributed by atoms with E-state index in [4.69, 9.17) is 0 Å². The summed E-state index contributed by atoms with van der Waals surface area (Å²) in [6.07, 6.45) is 7.00. The zero-order valence-electron chi connectivity index (χ0n) is 5.77. The molecule has 2 heteroatoms. The van der Waals surface area contributed by atoms with Crippen LogP contribution < -0.4 is 0 Å². The molecular formula is C7H13NZr. The van der Waals surface area contributed by atoms with Crippen LogP contribution in [0.15, 0.2) is 15.5 Å². The van der Waals surface area contributed by atoms with Crippen LogP contribution in [0.25, 0.3) is 0 Å². The van der Waals surface area contributed by atoms with Crippen molar-refractivity contribution in [2.75, 3.05) is 6.54 Å². The molecule has 1 nitrogen and oxygen atoms in total. The van der Waals surface area contributed by atoms with E-state index in [1.54, 1.807) is 0 Å². The third-order valence-corrected chi connectivity index (χ3v) is 1.73. The molecule has 9 heavy (non-hydrogen) atoms. The van der Waals surface area contributed by atoms with Gasteiger partial charge in [-0.2, -0.15) is 0 Å². The summed E-state index contributed by atoms with van der Waals surface area (Å²) in [6, 6.07) is 0. The Bertz CT molecular complexity index is 71.0. The van der Waals surface area contributed by atoms with Gasteiger partial charge in [0.1, 0.15) is 0 Å². The van der Waals surface area contributed by atoms with Crippen molar-refractivity contribution in [3.8, 4) is 0 Å². The molecule has 0 aromatic heterocycles. The topological polar surface area (TPSA) is 12.4 Å². The standard InChI is InChI=1S/C7H13N.Zr/c1-2-3-4-5-6-7-8;/h2H,1,3-7H2;. The number of rotatable bonds is 6. The van der Waals surface area contributed by atoms with Gasteiger partial charge in [0.15, 0.2) is 0 Å². The van der Waals surface area contributed by atoms with Gasteiger partial charge in [0, 0.05) is 0 Å². The number of allylic oxidation sites excluding steroid dienone is 1. The van der Waals surface area contributed by atoms with E-state index in [0.29, 0.717) is 0 Å². The predicted octanol–water partition coefficient (Wildman–Crippen LogP) is 2.46. The third-order valence-electron chi connectivity index (χ3n) is 1.18. The van der Waals surface area contributed by atoms with Crippen LogP contribution in [-0.4, -0.2) is 6.54 Å². The normalized spacial score (nSPS) is 8.78. The zero-order chi connectivity index (χ0) is 6.95. The van der Waals surface area contributed by atoms with Crippen molar-refractivity contribution in [2.24, 2.45) is 2.87 Å². The molecule has 0 saturated carbocycles. The molecule has 0 aliphatic heterocycles. The summed E-state index contributed by atoms with van der Waals surface area (Å²) in [7, 11) is 0. The van der Waals surface area contributed by atoms with E-state index in [0.717, 1.165) is 13.0 Å². The summed E-state index contributed by atoms with van der Waals surface area (Å²) in [5.41, 5.74) is 0. The average Bonchev–Trinajstić information content (AvgIpc) is 1.89. The van der Waals surface area contributed by atoms with Crippen molar-refractivity contribution in [2.45, 2.75) is 25.7 Å². The fourth-order valence-electron chi connectivity index (χ4n) is 0.656. The van der Waals surface area contributed by atoms with Crippen molar-refractivity contribution in [3.05, 3.63) is 12.7 Å². The molecule has 0 saturated heterocycles. The first-order valence-electron chi connectivity index (χ1n) is 3.36. The molecule has 0 spiro atoms. The second kappa shape index (κ2) is 8.42. The van der Waals surface area contributed by atoms with Crippen LogP contribution in [0.2, 0.25) is 0 Å². The molecule has 0 rings (SSSR count). The van der Waals surface area contributed by atoms with Gasteiger partial charge in [-0.1, -0.05) is 0 Å². The number of hydrogen-bond acceptors (Lipinski definition) is 1. The SMILES string of the molecule is C=CCCCCC[N]=[Zr]. The quantitative estimate of drug-likeness (QED) is 0.463. The van der Waals surface area contributed by atoms with Crippen LogP contribution in [-0.2, 0) is 24.6 Å². The Labute approximate surface area is 72.3 Å². The monoisotopic (exact) mass is 201 g/mol. The Morgan fingerprint density at radius 1 is 1.33 bits per heavy atom. The summed E-state index contributed by atoms with van der Waals surface area (Å²) in [4.78, 5) is 0. The van der Waals surface area contributed by atoms with Gasteiger partial charge in [-0.05, 0) is 0 Å². The molecule has 0 N–H and O–H groups in total. The van der Waals surface area contributed by atoms with Crippen molar-refractivity contribution in [1.82, 2.24) is 0 Å². The molecule has 0 aromatic carbocycles. The second-order valence-corrected chi connectivity index (χ2v) is 2.80. The summed E-state index contributed by atoms with van der Waals surface area (Å²) in [6.45, 7) is 4.72. The van der Waals surface area contributed by atoms with Gasteiger partial charge in [0.2, 0.25) is 0 Å². The van der Waals surface area contributed by atoms with E-state index < -0.39 is 0 Å². The van der Waals surface area contributed by atoms with Gasteiger partial charge in [-0.15, -0.1) is 0 Å². The average molecular weight is 202 g/mol. The first-order valence-corrected chi connectivity index (χ1v) is 4.46. The molecule has 0 fully saturated rings. The number of nitrogens with zero attached hydrogens (tertiary/aromatic N) is 1. The summed E-state index contributed by atoms with van der Waals surface area (Å²) in [5.74, 6) is 0. The fraction of sp³-hybridized carbons (Fsp3) is 0.714. The van der Waals surface area contributed by atoms with Crippen LogP contribution in [0.5, 0.6) is 0 Å². The fourth-order valence-corrected chi connectivity index (χ4v) is 1.04. The second-order valence-electron chi connectivity index (χ2n) is 2.02. The summed E-state index contributed by atoms with van der Waals surface area (Å²) >= 11 is 1.31. The van der Waals surface area contributed by atoms with Crippen LogP contribution >= 0.6 is 0 Å². The van der Waals surface area contributed by atoms with Gasteiger partial charge in [0.05, 0.1) is 0 Å². The molecule has 0 radical (unpaired) electrons. The van der Waals surface area contributed by atoms with E-state index in [-0.39, 0.29) is 0 Å². The Balaban J connectivity index is 2.74. The molecule has 0 amide bonds. The van der Waals surface area contributed by atoms with Crippen LogP contribution in [0.3, 0.4) is 0 Å². The van der Waals surface area contributed by atoms with Crippen molar-refractivity contribution < 1.29 is 24.6 Å². The maximum atomic E-state index is 4.10.